The smallest absolute Gasteiger partial charge is 0.0369 e. The predicted octanol–water partition coefficient (Wildman–Crippen LogP) is 3.11. The average molecular weight is 234 g/mol. The molecular weight excluding hydrogens is 208 g/mol. The van der Waals surface area contributed by atoms with Crippen LogP contribution in [-0.4, -0.2) is 20.1 Å². The minimum atomic E-state index is 0.603. The van der Waals surface area contributed by atoms with Crippen molar-refractivity contribution in [3.8, 4) is 0 Å². The number of nitrogens with zero attached hydrogens (tertiary/aromatic N) is 1. The van der Waals surface area contributed by atoms with E-state index in [-0.39, 0.29) is 0 Å². The number of rotatable bonds is 6. The van der Waals surface area contributed by atoms with Crippen molar-refractivity contribution in [3.63, 3.8) is 0 Å². The second-order valence-electron chi connectivity index (χ2n) is 5.12. The lowest BCUT2D eigenvalue weighted by molar-refractivity contribution is 0.491. The van der Waals surface area contributed by atoms with E-state index in [0.717, 1.165) is 13.1 Å². The van der Waals surface area contributed by atoms with Gasteiger partial charge in [0.2, 0.25) is 0 Å². The van der Waals surface area contributed by atoms with Crippen LogP contribution in [0, 0.1) is 19.8 Å². The third-order valence-electron chi connectivity index (χ3n) is 3.21. The molecule has 1 aromatic rings. The summed E-state index contributed by atoms with van der Waals surface area (Å²) in [5, 5.41) is 0. The molecule has 1 aromatic carbocycles. The normalized spacial score (nSPS) is 12.5. The molecule has 2 N–H and O–H groups in total. The molecule has 0 amide bonds. The van der Waals surface area contributed by atoms with Gasteiger partial charge in [-0.1, -0.05) is 19.4 Å². The van der Waals surface area contributed by atoms with Gasteiger partial charge in [0.05, 0.1) is 0 Å². The van der Waals surface area contributed by atoms with Gasteiger partial charge in [-0.05, 0) is 56.0 Å². The van der Waals surface area contributed by atoms with Crippen molar-refractivity contribution >= 4 is 5.69 Å². The van der Waals surface area contributed by atoms with Crippen LogP contribution in [0.1, 0.15) is 30.9 Å². The maximum absolute atomic E-state index is 5.82. The molecule has 17 heavy (non-hydrogen) atoms. The highest BCUT2D eigenvalue weighted by Crippen LogP contribution is 2.19. The summed E-state index contributed by atoms with van der Waals surface area (Å²) in [6.07, 6.45) is 2.42. The molecule has 0 aromatic heterocycles. The molecule has 1 atom stereocenters. The van der Waals surface area contributed by atoms with Gasteiger partial charge in [0.25, 0.3) is 0 Å². The standard InChI is InChI=1S/C15H26N2/c1-5-6-14(10-16)11-17(4)15-8-12(2)7-13(3)9-15/h7-9,14H,5-6,10-11,16H2,1-4H3. The Labute approximate surface area is 106 Å². The average Bonchev–Trinajstić information content (AvgIpc) is 2.27. The predicted molar refractivity (Wildman–Crippen MR) is 76.6 cm³/mol. The van der Waals surface area contributed by atoms with Crippen LogP contribution in [0.4, 0.5) is 5.69 Å². The highest BCUT2D eigenvalue weighted by atomic mass is 15.1. The number of aryl methyl sites for hydroxylation is 2. The van der Waals surface area contributed by atoms with Gasteiger partial charge >= 0.3 is 0 Å². The summed E-state index contributed by atoms with van der Waals surface area (Å²) < 4.78 is 0. The van der Waals surface area contributed by atoms with E-state index < -0.39 is 0 Å². The van der Waals surface area contributed by atoms with Crippen molar-refractivity contribution in [2.75, 3.05) is 25.0 Å². The lowest BCUT2D eigenvalue weighted by Gasteiger charge is -2.25. The molecule has 0 spiro atoms. The first-order chi connectivity index (χ1) is 8.06. The fourth-order valence-electron chi connectivity index (χ4n) is 2.36. The number of benzene rings is 1. The molecule has 0 aliphatic heterocycles. The topological polar surface area (TPSA) is 29.3 Å². The Morgan fingerprint density at radius 1 is 1.18 bits per heavy atom. The molecule has 0 saturated heterocycles. The van der Waals surface area contributed by atoms with Crippen LogP contribution in [0.25, 0.3) is 0 Å². The van der Waals surface area contributed by atoms with E-state index in [9.17, 15) is 0 Å². The minimum absolute atomic E-state index is 0.603. The lowest BCUT2D eigenvalue weighted by Crippen LogP contribution is -2.30. The maximum Gasteiger partial charge on any atom is 0.0369 e. The molecule has 2 nitrogen and oxygen atoms in total. The third kappa shape index (κ3) is 4.39. The van der Waals surface area contributed by atoms with Crippen molar-refractivity contribution in [3.05, 3.63) is 29.3 Å². The molecule has 1 rings (SSSR count). The quantitative estimate of drug-likeness (QED) is 0.819. The number of nitrogens with two attached hydrogens (primary N) is 1. The van der Waals surface area contributed by atoms with Gasteiger partial charge in [0, 0.05) is 19.3 Å². The molecule has 0 radical (unpaired) electrons. The fraction of sp³-hybridized carbons (Fsp3) is 0.600. The molecule has 0 fully saturated rings. The van der Waals surface area contributed by atoms with Crippen molar-refractivity contribution in [1.82, 2.24) is 0 Å². The van der Waals surface area contributed by atoms with Crippen molar-refractivity contribution < 1.29 is 0 Å². The van der Waals surface area contributed by atoms with Crippen LogP contribution in [0.2, 0.25) is 0 Å². The SMILES string of the molecule is CCCC(CN)CN(C)c1cc(C)cc(C)c1. The van der Waals surface area contributed by atoms with E-state index in [1.165, 1.54) is 29.7 Å². The molecule has 0 aliphatic carbocycles. The molecule has 0 heterocycles. The molecule has 1 unspecified atom stereocenters. The van der Waals surface area contributed by atoms with Gasteiger partial charge < -0.3 is 10.6 Å². The number of hydrogen-bond donors (Lipinski definition) is 1. The van der Waals surface area contributed by atoms with E-state index in [4.69, 9.17) is 5.73 Å². The highest BCUT2D eigenvalue weighted by molar-refractivity contribution is 5.50. The number of hydrogen-bond acceptors (Lipinski definition) is 2. The summed E-state index contributed by atoms with van der Waals surface area (Å²) in [5.74, 6) is 0.603. The zero-order valence-electron chi connectivity index (χ0n) is 11.7. The number of anilines is 1. The Morgan fingerprint density at radius 2 is 1.76 bits per heavy atom. The monoisotopic (exact) mass is 234 g/mol. The van der Waals surface area contributed by atoms with Crippen LogP contribution >= 0.6 is 0 Å². The van der Waals surface area contributed by atoms with Crippen LogP contribution in [-0.2, 0) is 0 Å². The second kappa shape index (κ2) is 6.65. The van der Waals surface area contributed by atoms with Gasteiger partial charge in [-0.25, -0.2) is 0 Å². The third-order valence-corrected chi connectivity index (χ3v) is 3.21. The zero-order valence-corrected chi connectivity index (χ0v) is 11.7. The summed E-state index contributed by atoms with van der Waals surface area (Å²) in [6, 6.07) is 6.70. The minimum Gasteiger partial charge on any atom is -0.374 e. The molecule has 2 heteroatoms. The molecule has 0 bridgehead atoms. The van der Waals surface area contributed by atoms with Gasteiger partial charge in [-0.2, -0.15) is 0 Å². The Balaban J connectivity index is 2.71. The molecule has 96 valence electrons. The largest absolute Gasteiger partial charge is 0.374 e. The van der Waals surface area contributed by atoms with E-state index in [2.05, 4.69) is 50.9 Å². The first kappa shape index (κ1) is 14.0. The van der Waals surface area contributed by atoms with Crippen LogP contribution in [0.3, 0.4) is 0 Å². The maximum atomic E-state index is 5.82. The summed E-state index contributed by atoms with van der Waals surface area (Å²) in [6.45, 7) is 8.35. The summed E-state index contributed by atoms with van der Waals surface area (Å²) in [5.41, 5.74) is 9.77. The van der Waals surface area contributed by atoms with Crippen molar-refractivity contribution in [2.45, 2.75) is 33.6 Å². The van der Waals surface area contributed by atoms with Gasteiger partial charge in [-0.15, -0.1) is 0 Å². The van der Waals surface area contributed by atoms with Crippen LogP contribution < -0.4 is 10.6 Å². The van der Waals surface area contributed by atoms with E-state index >= 15 is 0 Å². The first-order valence-electron chi connectivity index (χ1n) is 6.56. The van der Waals surface area contributed by atoms with E-state index in [1.807, 2.05) is 0 Å². The molecule has 0 saturated carbocycles. The summed E-state index contributed by atoms with van der Waals surface area (Å²) >= 11 is 0. The summed E-state index contributed by atoms with van der Waals surface area (Å²) in [4.78, 5) is 2.33. The first-order valence-corrected chi connectivity index (χ1v) is 6.56. The van der Waals surface area contributed by atoms with Gasteiger partial charge in [0.15, 0.2) is 0 Å². The fourth-order valence-corrected chi connectivity index (χ4v) is 2.36. The van der Waals surface area contributed by atoms with Gasteiger partial charge in [-0.3, -0.25) is 0 Å². The zero-order chi connectivity index (χ0) is 12.8. The van der Waals surface area contributed by atoms with E-state index in [0.29, 0.717) is 5.92 Å². The second-order valence-corrected chi connectivity index (χ2v) is 5.12. The Bertz CT molecular complexity index is 327. The molecule has 0 aliphatic rings. The van der Waals surface area contributed by atoms with E-state index in [1.54, 1.807) is 0 Å². The highest BCUT2D eigenvalue weighted by Gasteiger charge is 2.10. The van der Waals surface area contributed by atoms with Crippen LogP contribution in [0.5, 0.6) is 0 Å². The van der Waals surface area contributed by atoms with Crippen molar-refractivity contribution in [1.29, 1.82) is 0 Å². The Hall–Kier alpha value is -1.02. The molecular formula is C15H26N2. The van der Waals surface area contributed by atoms with Crippen molar-refractivity contribution in [2.24, 2.45) is 11.7 Å². The van der Waals surface area contributed by atoms with Gasteiger partial charge in [0.1, 0.15) is 0 Å². The lowest BCUT2D eigenvalue weighted by atomic mass is 10.0. The summed E-state index contributed by atoms with van der Waals surface area (Å²) in [7, 11) is 2.16. The van der Waals surface area contributed by atoms with Crippen LogP contribution in [0.15, 0.2) is 18.2 Å². The Kier molecular flexibility index (Phi) is 5.49. The Morgan fingerprint density at radius 3 is 2.24 bits per heavy atom.